The lowest BCUT2D eigenvalue weighted by Gasteiger charge is -2.36. The number of rotatable bonds is 5. The van der Waals surface area contributed by atoms with Crippen LogP contribution in [0.15, 0.2) is 48.9 Å². The predicted molar refractivity (Wildman–Crippen MR) is 126 cm³/mol. The maximum Gasteiger partial charge on any atom is 0.228 e. The normalized spacial score (nSPS) is 18.5. The van der Waals surface area contributed by atoms with E-state index in [4.69, 9.17) is 4.74 Å². The fourth-order valence-electron chi connectivity index (χ4n) is 4.48. The number of anilines is 2. The highest BCUT2D eigenvalue weighted by molar-refractivity contribution is 6.00. The molecule has 3 aromatic rings. The minimum atomic E-state index is -0.324. The Labute approximate surface area is 197 Å². The van der Waals surface area contributed by atoms with Crippen molar-refractivity contribution in [2.45, 2.75) is 13.3 Å². The molecule has 10 heteroatoms. The Morgan fingerprint density at radius 3 is 2.44 bits per heavy atom. The molecule has 2 aliphatic heterocycles. The molecule has 2 aromatic heterocycles. The summed E-state index contributed by atoms with van der Waals surface area (Å²) in [5, 5.41) is 4.41. The number of piperazine rings is 1. The average Bonchev–Trinajstić information content (AvgIpc) is 3.49. The molecule has 4 heterocycles. The molecule has 2 fully saturated rings. The van der Waals surface area contributed by atoms with Crippen molar-refractivity contribution in [3.63, 3.8) is 0 Å². The smallest absolute Gasteiger partial charge is 0.228 e. The number of benzene rings is 1. The first-order valence-electron chi connectivity index (χ1n) is 11.3. The van der Waals surface area contributed by atoms with Crippen LogP contribution in [0.5, 0.6) is 5.75 Å². The molecule has 1 aromatic carbocycles. The van der Waals surface area contributed by atoms with Gasteiger partial charge in [-0.3, -0.25) is 9.59 Å². The SMILES string of the molecule is COc1ccc(N2CC(C(=O)N3CCN(c4cc(-n5ccc(C)n5)ncn4)CC3)CC2=O)cc1. The maximum atomic E-state index is 13.2. The van der Waals surface area contributed by atoms with Gasteiger partial charge in [-0.25, -0.2) is 14.6 Å². The third-order valence-electron chi connectivity index (χ3n) is 6.37. The highest BCUT2D eigenvalue weighted by Gasteiger charge is 2.38. The van der Waals surface area contributed by atoms with E-state index in [0.717, 1.165) is 22.9 Å². The quantitative estimate of drug-likeness (QED) is 0.570. The van der Waals surface area contributed by atoms with Crippen LogP contribution in [0.2, 0.25) is 0 Å². The number of amides is 2. The summed E-state index contributed by atoms with van der Waals surface area (Å²) in [4.78, 5) is 40.2. The van der Waals surface area contributed by atoms with Crippen molar-refractivity contribution in [1.29, 1.82) is 0 Å². The second-order valence-corrected chi connectivity index (χ2v) is 8.55. The van der Waals surface area contributed by atoms with Crippen LogP contribution in [0.25, 0.3) is 5.82 Å². The number of aryl methyl sites for hydroxylation is 1. The van der Waals surface area contributed by atoms with Gasteiger partial charge in [0.1, 0.15) is 17.9 Å². The van der Waals surface area contributed by atoms with Gasteiger partial charge in [0.2, 0.25) is 11.8 Å². The Kier molecular flexibility index (Phi) is 5.87. The molecule has 0 aliphatic carbocycles. The van der Waals surface area contributed by atoms with E-state index in [-0.39, 0.29) is 24.2 Å². The molecular formula is C24H27N7O3. The van der Waals surface area contributed by atoms with E-state index in [0.29, 0.717) is 38.5 Å². The third-order valence-corrected chi connectivity index (χ3v) is 6.37. The zero-order valence-electron chi connectivity index (χ0n) is 19.3. The van der Waals surface area contributed by atoms with Crippen LogP contribution in [-0.4, -0.2) is 76.3 Å². The summed E-state index contributed by atoms with van der Waals surface area (Å²) in [7, 11) is 1.61. The Morgan fingerprint density at radius 2 is 1.76 bits per heavy atom. The zero-order chi connectivity index (χ0) is 23.7. The average molecular weight is 462 g/mol. The van der Waals surface area contributed by atoms with Gasteiger partial charge in [0.15, 0.2) is 5.82 Å². The number of hydrogen-bond donors (Lipinski definition) is 0. The molecule has 1 atom stereocenters. The highest BCUT2D eigenvalue weighted by atomic mass is 16.5. The summed E-state index contributed by atoms with van der Waals surface area (Å²) in [5.74, 6) is 1.95. The number of hydrogen-bond acceptors (Lipinski definition) is 7. The Balaban J connectivity index is 1.20. The number of carbonyl (C=O) groups excluding carboxylic acids is 2. The maximum absolute atomic E-state index is 13.2. The summed E-state index contributed by atoms with van der Waals surface area (Å²) < 4.78 is 6.92. The molecular weight excluding hydrogens is 434 g/mol. The predicted octanol–water partition coefficient (Wildman–Crippen LogP) is 1.68. The first-order chi connectivity index (χ1) is 16.5. The van der Waals surface area contributed by atoms with Crippen molar-refractivity contribution >= 4 is 23.3 Å². The summed E-state index contributed by atoms with van der Waals surface area (Å²) in [6.07, 6.45) is 3.65. The fourth-order valence-corrected chi connectivity index (χ4v) is 4.48. The van der Waals surface area contributed by atoms with E-state index < -0.39 is 0 Å². The molecule has 0 bridgehead atoms. The first-order valence-corrected chi connectivity index (χ1v) is 11.3. The van der Waals surface area contributed by atoms with Crippen molar-refractivity contribution in [2.75, 3.05) is 49.6 Å². The summed E-state index contributed by atoms with van der Waals surface area (Å²) in [5.41, 5.74) is 1.71. The van der Waals surface area contributed by atoms with E-state index >= 15 is 0 Å². The monoisotopic (exact) mass is 461 g/mol. The lowest BCUT2D eigenvalue weighted by molar-refractivity contribution is -0.136. The molecule has 1 unspecified atom stereocenters. The standard InChI is InChI=1S/C24H27N7O3/c1-17-7-8-31(27-17)22-14-21(25-16-26-22)28-9-11-29(12-10-28)24(33)18-13-23(32)30(15-18)19-3-5-20(34-2)6-4-19/h3-8,14,16,18H,9-13,15H2,1-2H3. The summed E-state index contributed by atoms with van der Waals surface area (Å²) in [6, 6.07) is 11.2. The molecule has 0 N–H and O–H groups in total. The van der Waals surface area contributed by atoms with Crippen LogP contribution in [0.4, 0.5) is 11.5 Å². The van der Waals surface area contributed by atoms with E-state index in [1.165, 1.54) is 6.33 Å². The van der Waals surface area contributed by atoms with Crippen molar-refractivity contribution in [3.8, 4) is 11.6 Å². The van der Waals surface area contributed by atoms with Gasteiger partial charge in [0.05, 0.1) is 18.7 Å². The van der Waals surface area contributed by atoms with Crippen molar-refractivity contribution < 1.29 is 14.3 Å². The van der Waals surface area contributed by atoms with Crippen molar-refractivity contribution in [3.05, 3.63) is 54.6 Å². The van der Waals surface area contributed by atoms with Crippen molar-refractivity contribution in [2.24, 2.45) is 5.92 Å². The third kappa shape index (κ3) is 4.30. The number of nitrogens with zero attached hydrogens (tertiary/aromatic N) is 7. The van der Waals surface area contributed by atoms with E-state index in [1.54, 1.807) is 16.7 Å². The zero-order valence-corrected chi connectivity index (χ0v) is 19.3. The molecule has 0 spiro atoms. The Bertz CT molecular complexity index is 1190. The van der Waals surface area contributed by atoms with Gasteiger partial charge in [0, 0.05) is 57.1 Å². The molecule has 0 saturated carbocycles. The van der Waals surface area contributed by atoms with Crippen LogP contribution < -0.4 is 14.5 Å². The van der Waals surface area contributed by atoms with Gasteiger partial charge in [-0.2, -0.15) is 5.10 Å². The second-order valence-electron chi connectivity index (χ2n) is 8.55. The van der Waals surface area contributed by atoms with Gasteiger partial charge in [-0.15, -0.1) is 0 Å². The Hall–Kier alpha value is -3.95. The van der Waals surface area contributed by atoms with Crippen LogP contribution in [0.1, 0.15) is 12.1 Å². The lowest BCUT2D eigenvalue weighted by atomic mass is 10.1. The first kappa shape index (κ1) is 21.9. The van der Waals surface area contributed by atoms with E-state index in [2.05, 4.69) is 20.0 Å². The summed E-state index contributed by atoms with van der Waals surface area (Å²) >= 11 is 0. The molecule has 0 radical (unpaired) electrons. The molecule has 5 rings (SSSR count). The molecule has 176 valence electrons. The molecule has 34 heavy (non-hydrogen) atoms. The molecule has 10 nitrogen and oxygen atoms in total. The molecule has 2 saturated heterocycles. The van der Waals surface area contributed by atoms with Crippen molar-refractivity contribution in [1.82, 2.24) is 24.6 Å². The molecule has 2 aliphatic rings. The number of aromatic nitrogens is 4. The van der Waals surface area contributed by atoms with Crippen LogP contribution in [-0.2, 0) is 9.59 Å². The van der Waals surface area contributed by atoms with Gasteiger partial charge in [-0.05, 0) is 37.3 Å². The lowest BCUT2D eigenvalue weighted by Crippen LogP contribution is -2.51. The van der Waals surface area contributed by atoms with Gasteiger partial charge in [-0.1, -0.05) is 0 Å². The fraction of sp³-hybridized carbons (Fsp3) is 0.375. The highest BCUT2D eigenvalue weighted by Crippen LogP contribution is 2.28. The summed E-state index contributed by atoms with van der Waals surface area (Å²) in [6.45, 7) is 4.86. The minimum absolute atomic E-state index is 0.0236. The van der Waals surface area contributed by atoms with Gasteiger partial charge < -0.3 is 19.4 Å². The number of ether oxygens (including phenoxy) is 1. The topological polar surface area (TPSA) is 96.7 Å². The van der Waals surface area contributed by atoms with Gasteiger partial charge >= 0.3 is 0 Å². The Morgan fingerprint density at radius 1 is 1.03 bits per heavy atom. The van der Waals surface area contributed by atoms with Gasteiger partial charge in [0.25, 0.3) is 0 Å². The van der Waals surface area contributed by atoms with Crippen LogP contribution in [0.3, 0.4) is 0 Å². The largest absolute Gasteiger partial charge is 0.497 e. The molecule has 2 amide bonds. The number of carbonyl (C=O) groups is 2. The number of methoxy groups -OCH3 is 1. The minimum Gasteiger partial charge on any atom is -0.497 e. The van der Waals surface area contributed by atoms with Crippen LogP contribution >= 0.6 is 0 Å². The van der Waals surface area contributed by atoms with E-state index in [9.17, 15) is 9.59 Å². The van der Waals surface area contributed by atoms with E-state index in [1.807, 2.05) is 54.4 Å². The van der Waals surface area contributed by atoms with Crippen LogP contribution in [0, 0.1) is 12.8 Å². The second kappa shape index (κ2) is 9.12.